The van der Waals surface area contributed by atoms with Crippen LogP contribution >= 0.6 is 11.3 Å². The Kier molecular flexibility index (Phi) is 14.2. The first-order valence-electron chi connectivity index (χ1n) is 14.5. The van der Waals surface area contributed by atoms with Crippen LogP contribution in [-0.4, -0.2) is 3.71 Å². The zero-order chi connectivity index (χ0) is 29.6. The van der Waals surface area contributed by atoms with Crippen LogP contribution in [0.4, 0.5) is 0 Å². The number of hydrogen-bond acceptors (Lipinski definition) is 1. The monoisotopic (exact) mass is 702 g/mol. The molecule has 43 heavy (non-hydrogen) atoms. The summed E-state index contributed by atoms with van der Waals surface area (Å²) in [6.07, 6.45) is 8.81. The molecule has 1 atom stereocenters. The third kappa shape index (κ3) is 10.3. The zero-order valence-corrected chi connectivity index (χ0v) is 31.1. The van der Waals surface area contributed by atoms with E-state index in [4.69, 9.17) is 0 Å². The van der Waals surface area contributed by atoms with Crippen molar-refractivity contribution in [3.8, 4) is 0 Å². The van der Waals surface area contributed by atoms with Gasteiger partial charge in [-0.05, 0) is 16.2 Å². The van der Waals surface area contributed by atoms with E-state index in [1.165, 1.54) is 73.6 Å². The van der Waals surface area contributed by atoms with Crippen LogP contribution < -0.4 is 24.8 Å². The maximum atomic E-state index is 3.37. The first-order chi connectivity index (χ1) is 19.5. The molecule has 0 fully saturated rings. The fourth-order valence-corrected chi connectivity index (χ4v) is 6.08. The van der Waals surface area contributed by atoms with Gasteiger partial charge in [0, 0.05) is 0 Å². The third-order valence-corrected chi connectivity index (χ3v) is 8.57. The summed E-state index contributed by atoms with van der Waals surface area (Å²) in [5, 5.41) is 9.74. The number of thiophene rings is 1. The summed E-state index contributed by atoms with van der Waals surface area (Å²) < 4.78 is 2.25. The molecule has 0 N–H and O–H groups in total. The molecule has 0 aliphatic heterocycles. The van der Waals surface area contributed by atoms with Crippen molar-refractivity contribution in [2.45, 2.75) is 65.7 Å². The topological polar surface area (TPSA) is 0 Å². The first kappa shape index (κ1) is 37.2. The molecule has 1 heterocycles. The van der Waals surface area contributed by atoms with Gasteiger partial charge >= 0.3 is 70.3 Å². The van der Waals surface area contributed by atoms with Crippen LogP contribution in [0.2, 0.25) is 0 Å². The molecule has 0 saturated carbocycles. The van der Waals surface area contributed by atoms with E-state index >= 15 is 0 Å². The Morgan fingerprint density at radius 3 is 1.79 bits per heavy atom. The van der Waals surface area contributed by atoms with Gasteiger partial charge in [0.1, 0.15) is 0 Å². The standard InChI is InChI=1S/C21H25.C10H9S.C8H8.2ClH.Zr/c1-20(2,3)16-9-7-14-11-15-8-10-17(21(4,5)6)13-19(15)18(14)12-16;1-8-2-3-9(6-8)10-4-5-11-7-10;1-2-8-6-4-3-5-7-8;;;/h7-13H,1-6H3;2-5,7-8H,1H3;1,3-7H,2H2;2*1H;/q2*-1;;;;+2/p-2. The number of rotatable bonds is 3. The van der Waals surface area contributed by atoms with Crippen LogP contribution in [0.15, 0.2) is 102 Å². The van der Waals surface area contributed by atoms with Crippen molar-refractivity contribution in [2.75, 3.05) is 0 Å². The van der Waals surface area contributed by atoms with E-state index in [9.17, 15) is 0 Å². The van der Waals surface area contributed by atoms with Crippen molar-refractivity contribution in [3.05, 3.63) is 130 Å². The molecule has 224 valence electrons. The van der Waals surface area contributed by atoms with Gasteiger partial charge in [-0.15, -0.1) is 51.4 Å². The predicted molar refractivity (Wildman–Crippen MR) is 180 cm³/mol. The van der Waals surface area contributed by atoms with Crippen LogP contribution in [0.25, 0.3) is 27.1 Å². The molecule has 1 aromatic heterocycles. The van der Waals surface area contributed by atoms with Gasteiger partial charge in [-0.1, -0.05) is 101 Å². The second kappa shape index (κ2) is 16.4. The van der Waals surface area contributed by atoms with Crippen molar-refractivity contribution >= 4 is 42.2 Å². The Morgan fingerprint density at radius 1 is 0.814 bits per heavy atom. The molecule has 5 aromatic rings. The SMILES string of the molecule is CC(C)(C)c1ccc2[cH-]c3ccc(C(C)(C)C)cc3c2c1.CC1[C-]=C(c2ccsc2)C=C1.[Cl-].[Cl-].[Zr+2]=[CH]Cc1ccccc1. The van der Waals surface area contributed by atoms with Crippen molar-refractivity contribution in [1.29, 1.82) is 0 Å². The molecular weight excluding hydrogens is 663 g/mol. The summed E-state index contributed by atoms with van der Waals surface area (Å²) in [5.41, 5.74) is 7.16. The Labute approximate surface area is 290 Å². The summed E-state index contributed by atoms with van der Waals surface area (Å²) in [6, 6.07) is 28.8. The quantitative estimate of drug-likeness (QED) is 0.231. The van der Waals surface area contributed by atoms with Crippen molar-refractivity contribution in [2.24, 2.45) is 5.92 Å². The summed E-state index contributed by atoms with van der Waals surface area (Å²) >= 11 is 3.24. The first-order valence-corrected chi connectivity index (χ1v) is 16.8. The Hall–Kier alpha value is -1.96. The van der Waals surface area contributed by atoms with Crippen LogP contribution in [0.5, 0.6) is 0 Å². The molecule has 4 aromatic carbocycles. The molecule has 0 radical (unpaired) electrons. The predicted octanol–water partition coefficient (Wildman–Crippen LogP) is 5.03. The van der Waals surface area contributed by atoms with E-state index in [-0.39, 0.29) is 35.6 Å². The molecule has 0 nitrogen and oxygen atoms in total. The molecule has 0 saturated heterocycles. The zero-order valence-electron chi connectivity index (χ0n) is 26.3. The van der Waals surface area contributed by atoms with E-state index < -0.39 is 0 Å². The fourth-order valence-electron chi connectivity index (χ4n) is 4.84. The molecule has 6 rings (SSSR count). The minimum absolute atomic E-state index is 0. The van der Waals surface area contributed by atoms with Gasteiger partial charge in [-0.3, -0.25) is 0 Å². The number of allylic oxidation sites excluding steroid dienone is 4. The van der Waals surface area contributed by atoms with Gasteiger partial charge < -0.3 is 24.8 Å². The second-order valence-corrected chi connectivity index (χ2v) is 14.6. The Balaban J connectivity index is 0.000000247. The van der Waals surface area contributed by atoms with E-state index in [0.717, 1.165) is 6.42 Å². The summed E-state index contributed by atoms with van der Waals surface area (Å²) in [4.78, 5) is 0. The van der Waals surface area contributed by atoms with Crippen LogP contribution in [-0.2, 0) is 41.5 Å². The Bertz CT molecular complexity index is 1570. The number of benzene rings is 3. The van der Waals surface area contributed by atoms with Crippen molar-refractivity contribution < 1.29 is 49.0 Å². The molecule has 1 aliphatic carbocycles. The molecule has 0 bridgehead atoms. The molecule has 0 amide bonds. The number of fused-ring (bicyclic) bond motifs is 3. The minimum atomic E-state index is 0. The summed E-state index contributed by atoms with van der Waals surface area (Å²) in [7, 11) is 0. The van der Waals surface area contributed by atoms with E-state index in [0.29, 0.717) is 5.92 Å². The third-order valence-electron chi connectivity index (χ3n) is 7.39. The van der Waals surface area contributed by atoms with Gasteiger partial charge in [-0.25, -0.2) is 0 Å². The van der Waals surface area contributed by atoms with Gasteiger partial charge in [0.25, 0.3) is 0 Å². The molecule has 4 heteroatoms. The Morgan fingerprint density at radius 2 is 1.37 bits per heavy atom. The van der Waals surface area contributed by atoms with Gasteiger partial charge in [0.2, 0.25) is 0 Å². The normalized spacial score (nSPS) is 14.1. The molecular formula is C39H42Cl2SZr-2. The van der Waals surface area contributed by atoms with Crippen LogP contribution in [0.3, 0.4) is 0 Å². The van der Waals surface area contributed by atoms with Gasteiger partial charge in [-0.2, -0.15) is 29.1 Å². The van der Waals surface area contributed by atoms with Gasteiger partial charge in [0.05, 0.1) is 0 Å². The second-order valence-electron chi connectivity index (χ2n) is 12.9. The average Bonchev–Trinajstić information content (AvgIpc) is 3.68. The van der Waals surface area contributed by atoms with E-state index in [2.05, 4.69) is 154 Å². The van der Waals surface area contributed by atoms with Crippen LogP contribution in [0, 0.1) is 12.0 Å². The maximum absolute atomic E-state index is 3.37. The average molecular weight is 705 g/mol. The molecule has 0 spiro atoms. The summed E-state index contributed by atoms with van der Waals surface area (Å²) in [5.74, 6) is 0.491. The van der Waals surface area contributed by atoms with E-state index in [1.54, 1.807) is 11.3 Å². The van der Waals surface area contributed by atoms with Crippen LogP contribution in [0.1, 0.15) is 70.7 Å². The molecule has 1 aliphatic rings. The fraction of sp³-hybridized carbons (Fsp3) is 0.282. The number of halogens is 2. The molecule has 1 unspecified atom stereocenters. The van der Waals surface area contributed by atoms with Gasteiger partial charge in [0.15, 0.2) is 0 Å². The van der Waals surface area contributed by atoms with Crippen molar-refractivity contribution in [1.82, 2.24) is 0 Å². The number of hydrogen-bond donors (Lipinski definition) is 0. The van der Waals surface area contributed by atoms with Crippen molar-refractivity contribution in [3.63, 3.8) is 0 Å². The summed E-state index contributed by atoms with van der Waals surface area (Å²) in [6.45, 7) is 15.8. The van der Waals surface area contributed by atoms with E-state index in [1.807, 2.05) is 6.07 Å².